The highest BCUT2D eigenvalue weighted by Gasteiger charge is 1.91. The number of hydrogen-bond acceptors (Lipinski definition) is 4. The van der Waals surface area contributed by atoms with E-state index in [9.17, 15) is 0 Å². The summed E-state index contributed by atoms with van der Waals surface area (Å²) in [7, 11) is 0. The maximum absolute atomic E-state index is 3.91. The first-order valence-electron chi connectivity index (χ1n) is 3.10. The summed E-state index contributed by atoms with van der Waals surface area (Å²) in [5.41, 5.74) is 0. The minimum Gasteiger partial charge on any atom is -0.231 e. The lowest BCUT2D eigenvalue weighted by molar-refractivity contribution is 0.500. The van der Waals surface area contributed by atoms with Crippen molar-refractivity contribution in [3.63, 3.8) is 0 Å². The highest BCUT2D eigenvalue weighted by molar-refractivity contribution is 4.59. The van der Waals surface area contributed by atoms with E-state index in [1.807, 2.05) is 0 Å². The summed E-state index contributed by atoms with van der Waals surface area (Å²) in [5, 5.41) is 7.82. The van der Waals surface area contributed by atoms with Gasteiger partial charge in [-0.2, -0.15) is 10.2 Å². The Kier molecular flexibility index (Phi) is 1.36. The maximum Gasteiger partial charge on any atom is 0.137 e. The first kappa shape index (κ1) is 6.02. The Bertz CT molecular complexity index is 263. The summed E-state index contributed by atoms with van der Waals surface area (Å²) in [6.07, 6.45) is 6.22. The molecule has 0 atom stereocenters. The highest BCUT2D eigenvalue weighted by atomic mass is 15.4. The quantitative estimate of drug-likeness (QED) is 0.572. The highest BCUT2D eigenvalue weighted by Crippen LogP contribution is 1.82. The predicted molar refractivity (Wildman–Crippen MR) is 35.4 cm³/mol. The molecule has 2 heterocycles. The average molecular weight is 150 g/mol. The molecule has 2 rings (SSSR count). The molecule has 0 spiro atoms. The van der Waals surface area contributed by atoms with Gasteiger partial charge in [0.25, 0.3) is 0 Å². The van der Waals surface area contributed by atoms with Crippen LogP contribution in [-0.4, -0.2) is 29.5 Å². The lowest BCUT2D eigenvalue weighted by Gasteiger charge is -1.97. The van der Waals surface area contributed by atoms with Crippen molar-refractivity contribution in [1.29, 1.82) is 0 Å². The molecule has 0 aliphatic rings. The van der Waals surface area contributed by atoms with E-state index in [4.69, 9.17) is 0 Å². The van der Waals surface area contributed by atoms with Gasteiger partial charge in [0.15, 0.2) is 0 Å². The third-order valence-corrected chi connectivity index (χ3v) is 1.22. The average Bonchev–Trinajstić information content (AvgIpc) is 2.60. The van der Waals surface area contributed by atoms with E-state index in [2.05, 4.69) is 20.2 Å². The van der Waals surface area contributed by atoms with Crippen molar-refractivity contribution >= 4 is 0 Å². The van der Waals surface area contributed by atoms with Crippen molar-refractivity contribution < 1.29 is 0 Å². The number of hydrogen-bond donors (Lipinski definition) is 0. The molecule has 0 aliphatic heterocycles. The molecule has 0 saturated heterocycles. The topological polar surface area (TPSA) is 61.4 Å². The normalized spacial score (nSPS) is 10.2. The second kappa shape index (κ2) is 2.49. The van der Waals surface area contributed by atoms with Crippen LogP contribution in [0, 0.1) is 0 Å². The number of rotatable bonds is 2. The van der Waals surface area contributed by atoms with E-state index < -0.39 is 0 Å². The third-order valence-electron chi connectivity index (χ3n) is 1.22. The van der Waals surface area contributed by atoms with Gasteiger partial charge >= 0.3 is 0 Å². The molecule has 0 unspecified atom stereocenters. The molecule has 6 nitrogen and oxygen atoms in total. The van der Waals surface area contributed by atoms with Crippen LogP contribution in [0.25, 0.3) is 0 Å². The Hall–Kier alpha value is -1.72. The largest absolute Gasteiger partial charge is 0.231 e. The molecule has 6 heteroatoms. The molecule has 0 radical (unpaired) electrons. The summed E-state index contributed by atoms with van der Waals surface area (Å²) in [6.45, 7) is 0.556. The van der Waals surface area contributed by atoms with Gasteiger partial charge in [-0.15, -0.1) is 0 Å². The fraction of sp³-hybridized carbons (Fsp3) is 0.200. The zero-order chi connectivity index (χ0) is 7.52. The van der Waals surface area contributed by atoms with E-state index >= 15 is 0 Å². The van der Waals surface area contributed by atoms with E-state index in [1.54, 1.807) is 22.0 Å². The van der Waals surface area contributed by atoms with E-state index in [1.165, 1.54) is 12.7 Å². The SMILES string of the molecule is c1ncn(Cn2cncn2)n1. The van der Waals surface area contributed by atoms with E-state index in [-0.39, 0.29) is 0 Å². The van der Waals surface area contributed by atoms with Gasteiger partial charge in [-0.25, -0.2) is 19.3 Å². The molecule has 0 amide bonds. The van der Waals surface area contributed by atoms with Crippen LogP contribution >= 0.6 is 0 Å². The summed E-state index contributed by atoms with van der Waals surface area (Å²) in [5.74, 6) is 0. The predicted octanol–water partition coefficient (Wildman–Crippen LogP) is -0.625. The summed E-state index contributed by atoms with van der Waals surface area (Å²) < 4.78 is 3.32. The van der Waals surface area contributed by atoms with Gasteiger partial charge in [0.1, 0.15) is 32.0 Å². The van der Waals surface area contributed by atoms with Crippen molar-refractivity contribution in [2.75, 3.05) is 0 Å². The van der Waals surface area contributed by atoms with Gasteiger partial charge < -0.3 is 0 Å². The molecule has 0 N–H and O–H groups in total. The van der Waals surface area contributed by atoms with Crippen LogP contribution < -0.4 is 0 Å². The fourth-order valence-electron chi connectivity index (χ4n) is 0.760. The van der Waals surface area contributed by atoms with Crippen LogP contribution in [0.2, 0.25) is 0 Å². The molecule has 2 aromatic rings. The second-order valence-corrected chi connectivity index (χ2v) is 2.01. The fourth-order valence-corrected chi connectivity index (χ4v) is 0.760. The minimum absolute atomic E-state index is 0.556. The van der Waals surface area contributed by atoms with Crippen LogP contribution in [0.15, 0.2) is 25.3 Å². The summed E-state index contributed by atoms with van der Waals surface area (Å²) in [6, 6.07) is 0. The molecule has 0 aromatic carbocycles. The van der Waals surface area contributed by atoms with Crippen LogP contribution in [0.3, 0.4) is 0 Å². The maximum atomic E-state index is 3.91. The first-order valence-corrected chi connectivity index (χ1v) is 3.10. The molecule has 2 aromatic heterocycles. The van der Waals surface area contributed by atoms with Crippen molar-refractivity contribution in [3.05, 3.63) is 25.3 Å². The molecule has 0 fully saturated rings. The molecular formula is C5H6N6. The molecule has 56 valence electrons. The van der Waals surface area contributed by atoms with Gasteiger partial charge in [0.05, 0.1) is 0 Å². The lowest BCUT2D eigenvalue weighted by Crippen LogP contribution is -2.08. The Morgan fingerprint density at radius 3 is 1.82 bits per heavy atom. The van der Waals surface area contributed by atoms with E-state index in [0.29, 0.717) is 6.67 Å². The van der Waals surface area contributed by atoms with Gasteiger partial charge in [0, 0.05) is 0 Å². The van der Waals surface area contributed by atoms with Crippen LogP contribution in [0.4, 0.5) is 0 Å². The Morgan fingerprint density at radius 1 is 0.909 bits per heavy atom. The van der Waals surface area contributed by atoms with Crippen LogP contribution in [-0.2, 0) is 6.67 Å². The smallest absolute Gasteiger partial charge is 0.137 e. The van der Waals surface area contributed by atoms with Crippen molar-refractivity contribution in [3.8, 4) is 0 Å². The monoisotopic (exact) mass is 150 g/mol. The lowest BCUT2D eigenvalue weighted by atomic mass is 11.0. The summed E-state index contributed by atoms with van der Waals surface area (Å²) >= 11 is 0. The van der Waals surface area contributed by atoms with Gasteiger partial charge in [-0.05, 0) is 0 Å². The third kappa shape index (κ3) is 1.23. The molecular weight excluding hydrogens is 144 g/mol. The van der Waals surface area contributed by atoms with Crippen LogP contribution in [0.5, 0.6) is 0 Å². The van der Waals surface area contributed by atoms with Crippen molar-refractivity contribution in [2.45, 2.75) is 6.67 Å². The zero-order valence-corrected chi connectivity index (χ0v) is 5.70. The standard InChI is InChI=1S/C5H6N6/c1-6-3-10(8-1)5-11-4-7-2-9-11/h1-4H,5H2. The molecule has 0 bridgehead atoms. The van der Waals surface area contributed by atoms with Gasteiger partial charge in [-0.3, -0.25) is 0 Å². The van der Waals surface area contributed by atoms with Gasteiger partial charge in [0.2, 0.25) is 0 Å². The molecule has 11 heavy (non-hydrogen) atoms. The number of aromatic nitrogens is 6. The molecule has 0 saturated carbocycles. The second-order valence-electron chi connectivity index (χ2n) is 2.01. The van der Waals surface area contributed by atoms with Gasteiger partial charge in [-0.1, -0.05) is 0 Å². The van der Waals surface area contributed by atoms with Crippen molar-refractivity contribution in [2.24, 2.45) is 0 Å². The molecule has 0 aliphatic carbocycles. The Morgan fingerprint density at radius 2 is 1.45 bits per heavy atom. The minimum atomic E-state index is 0.556. The number of nitrogens with zero attached hydrogens (tertiary/aromatic N) is 6. The first-order chi connectivity index (χ1) is 5.45. The Labute approximate surface area is 62.5 Å². The van der Waals surface area contributed by atoms with Crippen molar-refractivity contribution in [1.82, 2.24) is 29.5 Å². The van der Waals surface area contributed by atoms with E-state index in [0.717, 1.165) is 0 Å². The Balaban J connectivity index is 2.14. The summed E-state index contributed by atoms with van der Waals surface area (Å²) in [4.78, 5) is 7.59. The zero-order valence-electron chi connectivity index (χ0n) is 5.70. The van der Waals surface area contributed by atoms with Crippen LogP contribution in [0.1, 0.15) is 0 Å².